The summed E-state index contributed by atoms with van der Waals surface area (Å²) in [5, 5.41) is 6.52. The van der Waals surface area contributed by atoms with Crippen LogP contribution in [0.1, 0.15) is 37.0 Å². The minimum absolute atomic E-state index is 0.0949. The molecule has 4 nitrogen and oxygen atoms in total. The molecule has 1 heterocycles. The zero-order valence-electron chi connectivity index (χ0n) is 12.8. The van der Waals surface area contributed by atoms with Crippen molar-refractivity contribution in [3.8, 4) is 5.75 Å². The summed E-state index contributed by atoms with van der Waals surface area (Å²) >= 11 is 3.38. The molecule has 5 heteroatoms. The van der Waals surface area contributed by atoms with Crippen molar-refractivity contribution in [3.63, 3.8) is 0 Å². The number of ether oxygens (including phenoxy) is 1. The molecule has 0 bridgehead atoms. The van der Waals surface area contributed by atoms with Crippen molar-refractivity contribution in [2.45, 2.75) is 32.7 Å². The van der Waals surface area contributed by atoms with Crippen LogP contribution in [0.3, 0.4) is 0 Å². The Bertz CT molecular complexity index is 517. The minimum atomic E-state index is -0.0949. The number of carbonyl (C=O) groups is 1. The van der Waals surface area contributed by atoms with Gasteiger partial charge in [-0.2, -0.15) is 0 Å². The van der Waals surface area contributed by atoms with Gasteiger partial charge in [-0.05, 0) is 43.0 Å². The fraction of sp³-hybridized carbons (Fsp3) is 0.562. The third kappa shape index (κ3) is 3.98. The van der Waals surface area contributed by atoms with Crippen molar-refractivity contribution in [2.24, 2.45) is 5.41 Å². The fourth-order valence-electron chi connectivity index (χ4n) is 2.76. The van der Waals surface area contributed by atoms with Gasteiger partial charge in [-0.15, -0.1) is 0 Å². The molecule has 1 saturated heterocycles. The Morgan fingerprint density at radius 1 is 1.52 bits per heavy atom. The molecule has 0 aromatic heterocycles. The first-order chi connectivity index (χ1) is 9.94. The van der Waals surface area contributed by atoms with Crippen molar-refractivity contribution in [3.05, 3.63) is 28.2 Å². The Morgan fingerprint density at radius 2 is 2.29 bits per heavy atom. The molecule has 1 aromatic rings. The van der Waals surface area contributed by atoms with Gasteiger partial charge in [-0.3, -0.25) is 4.79 Å². The van der Waals surface area contributed by atoms with E-state index in [1.807, 2.05) is 6.07 Å². The average Bonchev–Trinajstić information content (AvgIpc) is 2.45. The minimum Gasteiger partial charge on any atom is -0.496 e. The molecule has 2 N–H and O–H groups in total. The van der Waals surface area contributed by atoms with Gasteiger partial charge in [0.15, 0.2) is 0 Å². The van der Waals surface area contributed by atoms with Gasteiger partial charge in [0.25, 0.3) is 5.91 Å². The standard InChI is InChI=1S/C16H23BrN2O2/c1-16(2)7-4-8-18-14(16)10-19-15(20)12-6-5-11(17)9-13(12)21-3/h5-6,9,14,18H,4,7-8,10H2,1-3H3,(H,19,20). The molecule has 0 saturated carbocycles. The Balaban J connectivity index is 2.02. The highest BCUT2D eigenvalue weighted by molar-refractivity contribution is 9.10. The van der Waals surface area contributed by atoms with E-state index in [2.05, 4.69) is 40.4 Å². The molecule has 2 rings (SSSR count). The summed E-state index contributed by atoms with van der Waals surface area (Å²) in [6.07, 6.45) is 2.38. The normalized spacial score (nSPS) is 20.9. The molecule has 0 aliphatic carbocycles. The number of piperidine rings is 1. The van der Waals surface area contributed by atoms with Crippen LogP contribution in [-0.4, -0.2) is 32.1 Å². The van der Waals surface area contributed by atoms with Crippen molar-refractivity contribution in [1.82, 2.24) is 10.6 Å². The molecule has 21 heavy (non-hydrogen) atoms. The van der Waals surface area contributed by atoms with Crippen LogP contribution < -0.4 is 15.4 Å². The van der Waals surface area contributed by atoms with Crippen LogP contribution in [0.5, 0.6) is 5.75 Å². The highest BCUT2D eigenvalue weighted by atomic mass is 79.9. The summed E-state index contributed by atoms with van der Waals surface area (Å²) in [6, 6.07) is 5.73. The first kappa shape index (κ1) is 16.3. The van der Waals surface area contributed by atoms with Crippen LogP contribution in [0.15, 0.2) is 22.7 Å². The van der Waals surface area contributed by atoms with Gasteiger partial charge in [0.05, 0.1) is 12.7 Å². The maximum atomic E-state index is 12.4. The molecule has 1 amide bonds. The molecule has 1 atom stereocenters. The number of methoxy groups -OCH3 is 1. The van der Waals surface area contributed by atoms with Crippen LogP contribution in [0.25, 0.3) is 0 Å². The topological polar surface area (TPSA) is 50.4 Å². The Morgan fingerprint density at radius 3 is 2.95 bits per heavy atom. The number of hydrogen-bond donors (Lipinski definition) is 2. The van der Waals surface area contributed by atoms with Gasteiger partial charge in [0.1, 0.15) is 5.75 Å². The number of hydrogen-bond acceptors (Lipinski definition) is 3. The highest BCUT2D eigenvalue weighted by Gasteiger charge is 2.32. The predicted octanol–water partition coefficient (Wildman–Crippen LogP) is 2.97. The summed E-state index contributed by atoms with van der Waals surface area (Å²) in [5.41, 5.74) is 0.768. The monoisotopic (exact) mass is 354 g/mol. The van der Waals surface area contributed by atoms with Gasteiger partial charge in [-0.25, -0.2) is 0 Å². The smallest absolute Gasteiger partial charge is 0.255 e. The summed E-state index contributed by atoms with van der Waals surface area (Å²) in [6.45, 7) is 6.14. The van der Waals surface area contributed by atoms with Crippen molar-refractivity contribution in [2.75, 3.05) is 20.2 Å². The molecular formula is C16H23BrN2O2. The molecule has 116 valence electrons. The Kier molecular flexibility index (Phi) is 5.27. The molecule has 1 fully saturated rings. The van der Waals surface area contributed by atoms with E-state index >= 15 is 0 Å². The van der Waals surface area contributed by atoms with Gasteiger partial charge in [0, 0.05) is 17.1 Å². The Hall–Kier alpha value is -1.07. The molecular weight excluding hydrogens is 332 g/mol. The van der Waals surface area contributed by atoms with Crippen LogP contribution in [0, 0.1) is 5.41 Å². The van der Waals surface area contributed by atoms with E-state index in [1.165, 1.54) is 12.8 Å². The molecule has 1 aromatic carbocycles. The first-order valence-electron chi connectivity index (χ1n) is 7.29. The SMILES string of the molecule is COc1cc(Br)ccc1C(=O)NCC1NCCCC1(C)C. The van der Waals surface area contributed by atoms with Crippen LogP contribution in [0.2, 0.25) is 0 Å². The summed E-state index contributed by atoms with van der Waals surface area (Å²) in [7, 11) is 1.57. The van der Waals surface area contributed by atoms with Crippen LogP contribution in [-0.2, 0) is 0 Å². The van der Waals surface area contributed by atoms with Crippen molar-refractivity contribution < 1.29 is 9.53 Å². The molecule has 0 spiro atoms. The summed E-state index contributed by atoms with van der Waals surface area (Å²) < 4.78 is 6.17. The second-order valence-corrected chi connectivity index (χ2v) is 7.07. The molecule has 0 radical (unpaired) electrons. The molecule has 1 aliphatic heterocycles. The maximum Gasteiger partial charge on any atom is 0.255 e. The van der Waals surface area contributed by atoms with E-state index in [-0.39, 0.29) is 11.3 Å². The quantitative estimate of drug-likeness (QED) is 0.873. The molecule has 1 aliphatic rings. The molecule has 1 unspecified atom stereocenters. The second kappa shape index (κ2) is 6.79. The van der Waals surface area contributed by atoms with Gasteiger partial charge in [-0.1, -0.05) is 29.8 Å². The van der Waals surface area contributed by atoms with Gasteiger partial charge in [0.2, 0.25) is 0 Å². The lowest BCUT2D eigenvalue weighted by Gasteiger charge is -2.39. The second-order valence-electron chi connectivity index (χ2n) is 6.15. The highest BCUT2D eigenvalue weighted by Crippen LogP contribution is 2.30. The predicted molar refractivity (Wildman–Crippen MR) is 87.8 cm³/mol. The number of benzene rings is 1. The van der Waals surface area contributed by atoms with Crippen LogP contribution in [0.4, 0.5) is 0 Å². The van der Waals surface area contributed by atoms with E-state index in [1.54, 1.807) is 19.2 Å². The van der Waals surface area contributed by atoms with Crippen molar-refractivity contribution in [1.29, 1.82) is 0 Å². The number of carbonyl (C=O) groups excluding carboxylic acids is 1. The zero-order chi connectivity index (χ0) is 15.5. The zero-order valence-corrected chi connectivity index (χ0v) is 14.4. The number of rotatable bonds is 4. The van der Waals surface area contributed by atoms with Crippen LogP contribution >= 0.6 is 15.9 Å². The van der Waals surface area contributed by atoms with E-state index in [0.717, 1.165) is 11.0 Å². The lowest BCUT2D eigenvalue weighted by molar-refractivity contribution is 0.0926. The van der Waals surface area contributed by atoms with Crippen molar-refractivity contribution >= 4 is 21.8 Å². The third-order valence-electron chi connectivity index (χ3n) is 4.21. The number of amides is 1. The number of nitrogens with one attached hydrogen (secondary N) is 2. The third-order valence-corrected chi connectivity index (χ3v) is 4.70. The summed E-state index contributed by atoms with van der Waals surface area (Å²) in [4.78, 5) is 12.4. The van der Waals surface area contributed by atoms with E-state index < -0.39 is 0 Å². The fourth-order valence-corrected chi connectivity index (χ4v) is 3.10. The largest absolute Gasteiger partial charge is 0.496 e. The maximum absolute atomic E-state index is 12.4. The Labute approximate surface area is 134 Å². The first-order valence-corrected chi connectivity index (χ1v) is 8.08. The van der Waals surface area contributed by atoms with E-state index in [9.17, 15) is 4.79 Å². The van der Waals surface area contributed by atoms with Gasteiger partial charge < -0.3 is 15.4 Å². The van der Waals surface area contributed by atoms with E-state index in [0.29, 0.717) is 23.9 Å². The lowest BCUT2D eigenvalue weighted by atomic mass is 9.77. The number of halogens is 1. The van der Waals surface area contributed by atoms with E-state index in [4.69, 9.17) is 4.74 Å². The average molecular weight is 355 g/mol. The summed E-state index contributed by atoms with van der Waals surface area (Å²) in [5.74, 6) is 0.486. The lowest BCUT2D eigenvalue weighted by Crippen LogP contribution is -2.52. The van der Waals surface area contributed by atoms with Gasteiger partial charge >= 0.3 is 0 Å².